The van der Waals surface area contributed by atoms with Crippen molar-refractivity contribution in [2.24, 2.45) is 5.92 Å². The number of nitrogens with one attached hydrogen (secondary N) is 2. The van der Waals surface area contributed by atoms with Crippen molar-refractivity contribution >= 4 is 18.3 Å². The van der Waals surface area contributed by atoms with Crippen molar-refractivity contribution < 1.29 is 18.0 Å². The molecule has 7 heteroatoms. The van der Waals surface area contributed by atoms with Gasteiger partial charge in [-0.05, 0) is 49.9 Å². The highest BCUT2D eigenvalue weighted by atomic mass is 35.5. The number of halogens is 4. The molecule has 1 amide bonds. The number of carbonyl (C=O) groups is 1. The van der Waals surface area contributed by atoms with E-state index in [-0.39, 0.29) is 24.9 Å². The van der Waals surface area contributed by atoms with Gasteiger partial charge in [0.15, 0.2) is 0 Å². The van der Waals surface area contributed by atoms with Gasteiger partial charge in [-0.1, -0.05) is 12.1 Å². The van der Waals surface area contributed by atoms with Crippen molar-refractivity contribution in [2.45, 2.75) is 32.0 Å². The topological polar surface area (TPSA) is 41.1 Å². The monoisotopic (exact) mass is 336 g/mol. The van der Waals surface area contributed by atoms with E-state index in [1.54, 1.807) is 13.0 Å². The van der Waals surface area contributed by atoms with Crippen LogP contribution < -0.4 is 10.6 Å². The molecule has 1 aliphatic carbocycles. The highest BCUT2D eigenvalue weighted by Gasteiger charge is 2.30. The van der Waals surface area contributed by atoms with Gasteiger partial charge in [-0.15, -0.1) is 12.4 Å². The van der Waals surface area contributed by atoms with Crippen LogP contribution in [0, 0.1) is 5.92 Å². The molecule has 0 aliphatic heterocycles. The van der Waals surface area contributed by atoms with E-state index >= 15 is 0 Å². The Hall–Kier alpha value is -1.27. The fourth-order valence-corrected chi connectivity index (χ4v) is 2.07. The van der Waals surface area contributed by atoms with E-state index in [1.165, 1.54) is 18.9 Å². The molecule has 1 saturated carbocycles. The molecule has 22 heavy (non-hydrogen) atoms. The third kappa shape index (κ3) is 5.85. The van der Waals surface area contributed by atoms with Crippen molar-refractivity contribution in [2.75, 3.05) is 13.1 Å². The molecule has 2 rings (SSSR count). The lowest BCUT2D eigenvalue weighted by Crippen LogP contribution is -2.36. The molecule has 1 aromatic rings. The second-order valence-corrected chi connectivity index (χ2v) is 5.49. The summed E-state index contributed by atoms with van der Waals surface area (Å²) in [5.74, 6) is 0.472. The van der Waals surface area contributed by atoms with Crippen LogP contribution in [0.2, 0.25) is 0 Å². The first-order valence-corrected chi connectivity index (χ1v) is 7.03. The van der Waals surface area contributed by atoms with Crippen LogP contribution >= 0.6 is 12.4 Å². The Kier molecular flexibility index (Phi) is 6.68. The van der Waals surface area contributed by atoms with Crippen molar-refractivity contribution in [3.8, 4) is 0 Å². The summed E-state index contributed by atoms with van der Waals surface area (Å²) < 4.78 is 37.9. The van der Waals surface area contributed by atoms with Crippen molar-refractivity contribution in [1.29, 1.82) is 0 Å². The number of hydrogen-bond acceptors (Lipinski definition) is 2. The van der Waals surface area contributed by atoms with Gasteiger partial charge < -0.3 is 10.6 Å². The number of amides is 1. The maximum Gasteiger partial charge on any atom is 0.416 e. The molecule has 3 nitrogen and oxygen atoms in total. The van der Waals surface area contributed by atoms with Gasteiger partial charge in [-0.3, -0.25) is 4.79 Å². The normalized spacial score (nSPS) is 15.8. The largest absolute Gasteiger partial charge is 0.416 e. The summed E-state index contributed by atoms with van der Waals surface area (Å²) in [4.78, 5) is 11.7. The van der Waals surface area contributed by atoms with E-state index in [2.05, 4.69) is 10.6 Å². The van der Waals surface area contributed by atoms with Gasteiger partial charge in [0.2, 0.25) is 5.91 Å². The van der Waals surface area contributed by atoms with Gasteiger partial charge in [0.25, 0.3) is 0 Å². The first-order chi connectivity index (χ1) is 9.86. The summed E-state index contributed by atoms with van der Waals surface area (Å²) >= 11 is 0. The minimum Gasteiger partial charge on any atom is -0.348 e. The summed E-state index contributed by atoms with van der Waals surface area (Å²) in [6, 6.07) is 4.57. The lowest BCUT2D eigenvalue weighted by molar-refractivity contribution is -0.137. The van der Waals surface area contributed by atoms with E-state index in [0.717, 1.165) is 18.7 Å². The Morgan fingerprint density at radius 1 is 1.36 bits per heavy atom. The number of carbonyl (C=O) groups excluding carboxylic acids is 1. The van der Waals surface area contributed by atoms with Crippen LogP contribution in [0.1, 0.15) is 36.9 Å². The summed E-state index contributed by atoms with van der Waals surface area (Å²) in [6.07, 6.45) is -1.96. The lowest BCUT2D eigenvalue weighted by atomic mass is 10.0. The number of benzene rings is 1. The van der Waals surface area contributed by atoms with Crippen LogP contribution in [0.4, 0.5) is 13.2 Å². The smallest absolute Gasteiger partial charge is 0.348 e. The average molecular weight is 337 g/mol. The minimum absolute atomic E-state index is 0. The fourth-order valence-electron chi connectivity index (χ4n) is 2.07. The molecule has 1 aromatic carbocycles. The molecule has 2 N–H and O–H groups in total. The molecule has 0 spiro atoms. The maximum absolute atomic E-state index is 12.6. The summed E-state index contributed by atoms with van der Waals surface area (Å²) in [6.45, 7) is 2.69. The molecule has 0 bridgehead atoms. The zero-order chi connectivity index (χ0) is 15.5. The van der Waals surface area contributed by atoms with Gasteiger partial charge >= 0.3 is 6.18 Å². The quantitative estimate of drug-likeness (QED) is 0.837. The van der Waals surface area contributed by atoms with Gasteiger partial charge in [-0.25, -0.2) is 0 Å². The minimum atomic E-state index is -4.37. The highest BCUT2D eigenvalue weighted by Crippen LogP contribution is 2.30. The number of rotatable bonds is 6. The predicted molar refractivity (Wildman–Crippen MR) is 80.8 cm³/mol. The zero-order valence-electron chi connectivity index (χ0n) is 12.2. The Bertz CT molecular complexity index is 504. The molecule has 1 aliphatic rings. The van der Waals surface area contributed by atoms with Gasteiger partial charge in [-0.2, -0.15) is 13.2 Å². The molecule has 1 atom stereocenters. The first-order valence-electron chi connectivity index (χ1n) is 7.03. The second-order valence-electron chi connectivity index (χ2n) is 5.49. The van der Waals surface area contributed by atoms with E-state index in [4.69, 9.17) is 0 Å². The van der Waals surface area contributed by atoms with Crippen molar-refractivity contribution in [3.05, 3.63) is 35.4 Å². The maximum atomic E-state index is 12.6. The van der Waals surface area contributed by atoms with Gasteiger partial charge in [0.05, 0.1) is 18.2 Å². The standard InChI is InChI=1S/C15H19F3N2O.ClH/c1-10(20-14(21)9-19-8-11-5-6-11)12-3-2-4-13(7-12)15(16,17)18;/h2-4,7,10-11,19H,5-6,8-9H2,1H3,(H,20,21);1H. The number of alkyl halides is 3. The van der Waals surface area contributed by atoms with Gasteiger partial charge in [0.1, 0.15) is 0 Å². The lowest BCUT2D eigenvalue weighted by Gasteiger charge is -2.16. The van der Waals surface area contributed by atoms with Crippen LogP contribution in [0.5, 0.6) is 0 Å². The Balaban J connectivity index is 0.00000242. The highest BCUT2D eigenvalue weighted by molar-refractivity contribution is 5.85. The van der Waals surface area contributed by atoms with E-state index in [0.29, 0.717) is 11.5 Å². The van der Waals surface area contributed by atoms with Crippen LogP contribution in [0.25, 0.3) is 0 Å². The van der Waals surface area contributed by atoms with Crippen molar-refractivity contribution in [1.82, 2.24) is 10.6 Å². The summed E-state index contributed by atoms with van der Waals surface area (Å²) in [5, 5.41) is 5.75. The Morgan fingerprint density at radius 2 is 2.05 bits per heavy atom. The molecular formula is C15H20ClF3N2O. The van der Waals surface area contributed by atoms with Crippen LogP contribution in [0.3, 0.4) is 0 Å². The third-order valence-electron chi connectivity index (χ3n) is 3.51. The summed E-state index contributed by atoms with van der Waals surface area (Å²) in [7, 11) is 0. The predicted octanol–water partition coefficient (Wildman–Crippen LogP) is 3.30. The van der Waals surface area contributed by atoms with Gasteiger partial charge in [0, 0.05) is 0 Å². The molecule has 0 heterocycles. The summed E-state index contributed by atoms with van der Waals surface area (Å²) in [5.41, 5.74) is -0.256. The Labute approximate surface area is 134 Å². The first kappa shape index (κ1) is 18.8. The second kappa shape index (κ2) is 7.83. The molecule has 1 unspecified atom stereocenters. The molecule has 124 valence electrons. The average Bonchev–Trinajstić information content (AvgIpc) is 3.22. The molecule has 0 saturated heterocycles. The van der Waals surface area contributed by atoms with Crippen LogP contribution in [-0.2, 0) is 11.0 Å². The fraction of sp³-hybridized carbons (Fsp3) is 0.533. The zero-order valence-corrected chi connectivity index (χ0v) is 13.1. The van der Waals surface area contributed by atoms with E-state index < -0.39 is 17.8 Å². The molecule has 1 fully saturated rings. The Morgan fingerprint density at radius 3 is 2.64 bits per heavy atom. The van der Waals surface area contributed by atoms with E-state index in [1.807, 2.05) is 0 Å². The van der Waals surface area contributed by atoms with E-state index in [9.17, 15) is 18.0 Å². The molecular weight excluding hydrogens is 317 g/mol. The van der Waals surface area contributed by atoms with Crippen molar-refractivity contribution in [3.63, 3.8) is 0 Å². The van der Waals surface area contributed by atoms with Crippen LogP contribution in [0.15, 0.2) is 24.3 Å². The molecule has 0 radical (unpaired) electrons. The third-order valence-corrected chi connectivity index (χ3v) is 3.51. The number of hydrogen-bond donors (Lipinski definition) is 2. The molecule has 0 aromatic heterocycles. The SMILES string of the molecule is CC(NC(=O)CNCC1CC1)c1cccc(C(F)(F)F)c1.Cl. The van der Waals surface area contributed by atoms with Crippen LogP contribution in [-0.4, -0.2) is 19.0 Å².